The van der Waals surface area contributed by atoms with E-state index in [2.05, 4.69) is 20.3 Å². The Morgan fingerprint density at radius 1 is 1.18 bits per heavy atom. The maximum Gasteiger partial charge on any atom is 0.318 e. The van der Waals surface area contributed by atoms with Crippen molar-refractivity contribution in [2.45, 2.75) is 19.8 Å². The van der Waals surface area contributed by atoms with Crippen LogP contribution in [0.15, 0.2) is 65.6 Å². The van der Waals surface area contributed by atoms with E-state index in [1.54, 1.807) is 25.1 Å². The number of aliphatic hydroxyl groups excluding tert-OH is 1. The summed E-state index contributed by atoms with van der Waals surface area (Å²) in [6.45, 7) is 2.04. The smallest absolute Gasteiger partial charge is 0.318 e. The Kier molecular flexibility index (Phi) is 6.43. The number of rotatable bonds is 7. The van der Waals surface area contributed by atoms with Gasteiger partial charge in [-0.15, -0.1) is 0 Å². The normalized spacial score (nSPS) is 11.8. The van der Waals surface area contributed by atoms with E-state index in [1.807, 2.05) is 30.3 Å². The summed E-state index contributed by atoms with van der Waals surface area (Å²) in [7, 11) is 1.42. The van der Waals surface area contributed by atoms with Crippen LogP contribution in [-0.2, 0) is 11.3 Å². The number of carbonyl (C=O) groups excluding carboxylic acids is 1. The number of aromatic nitrogens is 3. The van der Waals surface area contributed by atoms with Gasteiger partial charge in [0.25, 0.3) is 11.5 Å². The fraction of sp³-hybridized carbons (Fsp3) is 0.167. The zero-order valence-electron chi connectivity index (χ0n) is 18.0. The number of aromatic amines is 1. The van der Waals surface area contributed by atoms with Crippen LogP contribution in [0.5, 0.6) is 6.01 Å². The quantitative estimate of drug-likeness (QED) is 0.372. The number of hydrogen-bond donors (Lipinski definition) is 3. The number of pyridine rings is 1. The van der Waals surface area contributed by atoms with Gasteiger partial charge in [-0.2, -0.15) is 4.98 Å². The van der Waals surface area contributed by atoms with Gasteiger partial charge in [0.15, 0.2) is 6.29 Å². The first-order chi connectivity index (χ1) is 15.9. The minimum atomic E-state index is -1.18. The molecule has 0 saturated carbocycles. The van der Waals surface area contributed by atoms with Gasteiger partial charge in [-0.05, 0) is 30.2 Å². The Hall–Kier alpha value is -4.08. The minimum absolute atomic E-state index is 0.0954. The van der Waals surface area contributed by atoms with Crippen molar-refractivity contribution in [1.82, 2.24) is 15.0 Å². The van der Waals surface area contributed by atoms with E-state index in [-0.39, 0.29) is 23.8 Å². The summed E-state index contributed by atoms with van der Waals surface area (Å²) in [5.41, 5.74) is 2.18. The van der Waals surface area contributed by atoms with Crippen LogP contribution >= 0.6 is 0 Å². The largest absolute Gasteiger partial charge is 0.467 e. The second-order valence-electron chi connectivity index (χ2n) is 7.35. The number of amides is 1. The molecular formula is C24H22N4O5. The molecule has 2 heterocycles. The van der Waals surface area contributed by atoms with Crippen molar-refractivity contribution < 1.29 is 19.4 Å². The van der Waals surface area contributed by atoms with Gasteiger partial charge in [0, 0.05) is 22.8 Å². The Labute approximate surface area is 189 Å². The molecular weight excluding hydrogens is 424 g/mol. The Bertz CT molecular complexity index is 1350. The number of ether oxygens (including phenoxy) is 2. The average Bonchev–Trinajstić information content (AvgIpc) is 2.83. The standard InChI is InChI=1S/C24H22N4O5/c1-14-8-9-16(23(31)33-13-15-6-4-3-5-7-15)11-19(14)26-21(29)18-10-17-12-25-24(32-2)28-20(17)27-22(18)30/h3-12,23,31H,13H2,1-2H3,(H,26,29)(H,25,27,28,30). The Balaban J connectivity index is 1.53. The summed E-state index contributed by atoms with van der Waals surface area (Å²) in [6, 6.07) is 16.1. The molecule has 0 saturated heterocycles. The molecule has 0 spiro atoms. The Morgan fingerprint density at radius 2 is 1.97 bits per heavy atom. The predicted molar refractivity (Wildman–Crippen MR) is 122 cm³/mol. The van der Waals surface area contributed by atoms with Crippen LogP contribution in [-0.4, -0.2) is 33.1 Å². The number of fused-ring (bicyclic) bond motifs is 1. The van der Waals surface area contributed by atoms with Crippen LogP contribution in [0.25, 0.3) is 11.0 Å². The number of benzene rings is 2. The second-order valence-corrected chi connectivity index (χ2v) is 7.35. The number of H-pyrrole nitrogens is 1. The summed E-state index contributed by atoms with van der Waals surface area (Å²) in [5, 5.41) is 13.7. The molecule has 0 aliphatic carbocycles. The molecule has 168 valence electrons. The van der Waals surface area contributed by atoms with Gasteiger partial charge in [0.1, 0.15) is 11.2 Å². The highest BCUT2D eigenvalue weighted by Crippen LogP contribution is 2.24. The van der Waals surface area contributed by atoms with Crippen LogP contribution in [0.4, 0.5) is 5.69 Å². The van der Waals surface area contributed by atoms with E-state index < -0.39 is 17.8 Å². The van der Waals surface area contributed by atoms with E-state index >= 15 is 0 Å². The van der Waals surface area contributed by atoms with Crippen molar-refractivity contribution in [3.8, 4) is 6.01 Å². The first kappa shape index (κ1) is 22.1. The van der Waals surface area contributed by atoms with E-state index in [1.165, 1.54) is 19.4 Å². The number of aliphatic hydroxyl groups is 1. The van der Waals surface area contributed by atoms with Gasteiger partial charge < -0.3 is 24.9 Å². The molecule has 0 radical (unpaired) electrons. The van der Waals surface area contributed by atoms with E-state index in [0.29, 0.717) is 16.6 Å². The molecule has 2 aromatic heterocycles. The predicted octanol–water partition coefficient (Wildman–Crippen LogP) is 3.10. The lowest BCUT2D eigenvalue weighted by Crippen LogP contribution is -2.23. The summed E-state index contributed by atoms with van der Waals surface area (Å²) >= 11 is 0. The summed E-state index contributed by atoms with van der Waals surface area (Å²) < 4.78 is 10.5. The van der Waals surface area contributed by atoms with Crippen LogP contribution < -0.4 is 15.6 Å². The number of nitrogens with zero attached hydrogens (tertiary/aromatic N) is 2. The second kappa shape index (κ2) is 9.60. The maximum atomic E-state index is 12.9. The average molecular weight is 446 g/mol. The van der Waals surface area contributed by atoms with Gasteiger partial charge in [-0.1, -0.05) is 42.5 Å². The highest BCUT2D eigenvalue weighted by atomic mass is 16.6. The third-order valence-electron chi connectivity index (χ3n) is 5.04. The molecule has 3 N–H and O–H groups in total. The molecule has 1 atom stereocenters. The SMILES string of the molecule is COc1ncc2cc(C(=O)Nc3cc(C(O)OCc4ccccc4)ccc3C)c(=O)[nH]c2n1. The monoisotopic (exact) mass is 446 g/mol. The lowest BCUT2D eigenvalue weighted by atomic mass is 10.1. The molecule has 0 aliphatic rings. The first-order valence-corrected chi connectivity index (χ1v) is 10.1. The fourth-order valence-corrected chi connectivity index (χ4v) is 3.21. The van der Waals surface area contributed by atoms with E-state index in [0.717, 1.165) is 11.1 Å². The number of nitrogens with one attached hydrogen (secondary N) is 2. The topological polar surface area (TPSA) is 126 Å². The number of methoxy groups -OCH3 is 1. The molecule has 0 aliphatic heterocycles. The first-order valence-electron chi connectivity index (χ1n) is 10.1. The van der Waals surface area contributed by atoms with Crippen LogP contribution in [0, 0.1) is 6.92 Å². The van der Waals surface area contributed by atoms with Crippen LogP contribution in [0.1, 0.15) is 33.3 Å². The molecule has 0 bridgehead atoms. The Morgan fingerprint density at radius 3 is 2.73 bits per heavy atom. The molecule has 33 heavy (non-hydrogen) atoms. The number of anilines is 1. The van der Waals surface area contributed by atoms with Gasteiger partial charge in [-0.3, -0.25) is 9.59 Å². The third kappa shape index (κ3) is 5.05. The van der Waals surface area contributed by atoms with Gasteiger partial charge in [0.2, 0.25) is 0 Å². The molecule has 9 nitrogen and oxygen atoms in total. The van der Waals surface area contributed by atoms with Crippen molar-refractivity contribution >= 4 is 22.6 Å². The van der Waals surface area contributed by atoms with E-state index in [9.17, 15) is 14.7 Å². The lowest BCUT2D eigenvalue weighted by Gasteiger charge is -2.15. The molecule has 4 rings (SSSR count). The van der Waals surface area contributed by atoms with E-state index in [4.69, 9.17) is 9.47 Å². The third-order valence-corrected chi connectivity index (χ3v) is 5.04. The van der Waals surface area contributed by atoms with Crippen LogP contribution in [0.3, 0.4) is 0 Å². The molecule has 1 amide bonds. The number of hydrogen-bond acceptors (Lipinski definition) is 7. The summed E-state index contributed by atoms with van der Waals surface area (Å²) in [4.78, 5) is 35.9. The molecule has 2 aromatic carbocycles. The summed E-state index contributed by atoms with van der Waals surface area (Å²) in [6.07, 6.45) is 0.276. The van der Waals surface area contributed by atoms with Gasteiger partial charge in [-0.25, -0.2) is 4.98 Å². The number of carbonyl (C=O) groups is 1. The maximum absolute atomic E-state index is 12.9. The van der Waals surface area contributed by atoms with Gasteiger partial charge >= 0.3 is 6.01 Å². The lowest BCUT2D eigenvalue weighted by molar-refractivity contribution is -0.111. The molecule has 4 aromatic rings. The van der Waals surface area contributed by atoms with Crippen molar-refractivity contribution in [1.29, 1.82) is 0 Å². The highest BCUT2D eigenvalue weighted by molar-refractivity contribution is 6.05. The zero-order chi connectivity index (χ0) is 23.4. The number of aryl methyl sites for hydroxylation is 1. The van der Waals surface area contributed by atoms with Crippen molar-refractivity contribution in [3.05, 3.63) is 93.4 Å². The van der Waals surface area contributed by atoms with Crippen molar-refractivity contribution in [3.63, 3.8) is 0 Å². The van der Waals surface area contributed by atoms with Gasteiger partial charge in [0.05, 0.1) is 13.7 Å². The van der Waals surface area contributed by atoms with Crippen LogP contribution in [0.2, 0.25) is 0 Å². The fourth-order valence-electron chi connectivity index (χ4n) is 3.21. The molecule has 0 fully saturated rings. The highest BCUT2D eigenvalue weighted by Gasteiger charge is 2.16. The minimum Gasteiger partial charge on any atom is -0.467 e. The zero-order valence-corrected chi connectivity index (χ0v) is 18.0. The van der Waals surface area contributed by atoms with Crippen molar-refractivity contribution in [2.24, 2.45) is 0 Å². The molecule has 1 unspecified atom stereocenters. The molecule has 9 heteroatoms. The summed E-state index contributed by atoms with van der Waals surface area (Å²) in [5.74, 6) is -0.603. The van der Waals surface area contributed by atoms with Crippen molar-refractivity contribution in [2.75, 3.05) is 12.4 Å².